The minimum Gasteiger partial charge on any atom is -0.497 e. The molecule has 1 aromatic rings. The number of benzene rings is 1. The van der Waals surface area contributed by atoms with Crippen molar-refractivity contribution in [2.24, 2.45) is 23.2 Å². The minimum atomic E-state index is -0.351. The Balaban J connectivity index is 1.54. The van der Waals surface area contributed by atoms with Crippen molar-refractivity contribution in [1.29, 1.82) is 0 Å². The molecule has 0 radical (unpaired) electrons. The van der Waals surface area contributed by atoms with Crippen LogP contribution < -0.4 is 4.74 Å². The lowest BCUT2D eigenvalue weighted by atomic mass is 9.63. The van der Waals surface area contributed by atoms with Gasteiger partial charge in [0.1, 0.15) is 17.8 Å². The van der Waals surface area contributed by atoms with Crippen LogP contribution in [0.25, 0.3) is 0 Å². The van der Waals surface area contributed by atoms with Gasteiger partial charge in [0.25, 0.3) is 0 Å². The highest BCUT2D eigenvalue weighted by atomic mass is 16.5. The predicted octanol–water partition coefficient (Wildman–Crippen LogP) is 3.86. The van der Waals surface area contributed by atoms with E-state index in [2.05, 4.69) is 12.1 Å². The SMILES string of the molecule is COc1ccc2c(c1)C1(CCCC=O)CC3(C2)C(CC2CC2)C3C1=O. The van der Waals surface area contributed by atoms with Gasteiger partial charge in [0, 0.05) is 12.3 Å². The molecule has 3 fully saturated rings. The van der Waals surface area contributed by atoms with E-state index in [1.54, 1.807) is 7.11 Å². The van der Waals surface area contributed by atoms with Crippen LogP contribution in [0.4, 0.5) is 0 Å². The van der Waals surface area contributed by atoms with Gasteiger partial charge in [-0.1, -0.05) is 18.9 Å². The smallest absolute Gasteiger partial charge is 0.147 e. The Bertz CT molecular complexity index is 750. The summed E-state index contributed by atoms with van der Waals surface area (Å²) in [5, 5.41) is 0. The number of fused-ring (bicyclic) bond motifs is 3. The summed E-state index contributed by atoms with van der Waals surface area (Å²) in [6, 6.07) is 6.32. The fraction of sp³-hybridized carbons (Fsp3) is 0.636. The molecule has 5 rings (SSSR count). The molecule has 4 aliphatic rings. The van der Waals surface area contributed by atoms with Crippen LogP contribution in [-0.4, -0.2) is 19.2 Å². The zero-order chi connectivity index (χ0) is 17.2. The molecule has 0 amide bonds. The first-order valence-electron chi connectivity index (χ1n) is 9.80. The second kappa shape index (κ2) is 5.18. The minimum absolute atomic E-state index is 0.239. The van der Waals surface area contributed by atoms with Gasteiger partial charge in [0.05, 0.1) is 12.5 Å². The Labute approximate surface area is 149 Å². The Hall–Kier alpha value is -1.64. The van der Waals surface area contributed by atoms with Gasteiger partial charge < -0.3 is 9.53 Å². The third-order valence-corrected chi connectivity index (χ3v) is 7.60. The number of unbranched alkanes of at least 4 members (excludes halogenated alkanes) is 1. The van der Waals surface area contributed by atoms with E-state index in [1.807, 2.05) is 6.07 Å². The summed E-state index contributed by atoms with van der Waals surface area (Å²) in [7, 11) is 1.69. The predicted molar refractivity (Wildman–Crippen MR) is 94.7 cm³/mol. The van der Waals surface area contributed by atoms with E-state index in [1.165, 1.54) is 30.4 Å². The van der Waals surface area contributed by atoms with Crippen LogP contribution in [-0.2, 0) is 21.4 Å². The van der Waals surface area contributed by atoms with Crippen molar-refractivity contribution in [1.82, 2.24) is 0 Å². The lowest BCUT2D eigenvalue weighted by Crippen LogP contribution is -2.39. The van der Waals surface area contributed by atoms with Crippen molar-refractivity contribution in [3.63, 3.8) is 0 Å². The van der Waals surface area contributed by atoms with E-state index in [9.17, 15) is 9.59 Å². The number of carbonyl (C=O) groups is 2. The second-order valence-electron chi connectivity index (χ2n) is 8.88. The molecule has 0 aromatic heterocycles. The first kappa shape index (κ1) is 15.6. The number of ether oxygens (including phenoxy) is 1. The third-order valence-electron chi connectivity index (χ3n) is 7.60. The van der Waals surface area contributed by atoms with Crippen LogP contribution in [0.2, 0.25) is 0 Å². The van der Waals surface area contributed by atoms with Crippen molar-refractivity contribution in [3.05, 3.63) is 29.3 Å². The number of hydrogen-bond acceptors (Lipinski definition) is 3. The molecule has 0 aliphatic heterocycles. The number of Topliss-reactive ketones (excluding diaryl/α,β-unsaturated/α-hetero) is 1. The van der Waals surface area contributed by atoms with Gasteiger partial charge in [0.2, 0.25) is 0 Å². The molecule has 3 saturated carbocycles. The molecule has 1 aromatic carbocycles. The molecular weight excluding hydrogens is 312 g/mol. The highest BCUT2D eigenvalue weighted by Gasteiger charge is 2.78. The number of ketones is 1. The molecule has 132 valence electrons. The fourth-order valence-electron chi connectivity index (χ4n) is 6.29. The quantitative estimate of drug-likeness (QED) is 0.560. The Kier molecular flexibility index (Phi) is 3.24. The topological polar surface area (TPSA) is 43.4 Å². The van der Waals surface area contributed by atoms with Gasteiger partial charge in [-0.25, -0.2) is 0 Å². The Morgan fingerprint density at radius 3 is 2.88 bits per heavy atom. The van der Waals surface area contributed by atoms with E-state index in [0.29, 0.717) is 18.1 Å². The van der Waals surface area contributed by atoms with Gasteiger partial charge in [-0.15, -0.1) is 0 Å². The fourth-order valence-corrected chi connectivity index (χ4v) is 6.29. The molecule has 0 N–H and O–H groups in total. The lowest BCUT2D eigenvalue weighted by Gasteiger charge is -2.39. The number of hydrogen-bond donors (Lipinski definition) is 0. The summed E-state index contributed by atoms with van der Waals surface area (Å²) in [5.74, 6) is 3.12. The molecule has 4 unspecified atom stereocenters. The van der Waals surface area contributed by atoms with Crippen molar-refractivity contribution in [2.75, 3.05) is 7.11 Å². The molecule has 25 heavy (non-hydrogen) atoms. The summed E-state index contributed by atoms with van der Waals surface area (Å²) in [6.45, 7) is 0. The molecule has 1 spiro atoms. The summed E-state index contributed by atoms with van der Waals surface area (Å²) in [5.41, 5.74) is 2.44. The van der Waals surface area contributed by atoms with Crippen LogP contribution >= 0.6 is 0 Å². The van der Waals surface area contributed by atoms with Gasteiger partial charge in [-0.2, -0.15) is 0 Å². The van der Waals surface area contributed by atoms with E-state index < -0.39 is 0 Å². The van der Waals surface area contributed by atoms with E-state index in [4.69, 9.17) is 4.74 Å². The van der Waals surface area contributed by atoms with Crippen LogP contribution in [0.1, 0.15) is 56.1 Å². The number of carbonyl (C=O) groups excluding carboxylic acids is 2. The normalized spacial score (nSPS) is 37.4. The molecule has 3 nitrogen and oxygen atoms in total. The van der Waals surface area contributed by atoms with E-state index in [0.717, 1.165) is 43.6 Å². The van der Waals surface area contributed by atoms with Gasteiger partial charge in [0.15, 0.2) is 0 Å². The first-order valence-corrected chi connectivity index (χ1v) is 9.80. The van der Waals surface area contributed by atoms with Crippen LogP contribution in [0.3, 0.4) is 0 Å². The van der Waals surface area contributed by atoms with Gasteiger partial charge in [-0.3, -0.25) is 4.79 Å². The van der Waals surface area contributed by atoms with Crippen molar-refractivity contribution in [2.45, 2.75) is 56.8 Å². The average molecular weight is 338 g/mol. The zero-order valence-electron chi connectivity index (χ0n) is 14.9. The first-order chi connectivity index (χ1) is 12.1. The van der Waals surface area contributed by atoms with E-state index in [-0.39, 0.29) is 16.7 Å². The second-order valence-corrected chi connectivity index (χ2v) is 8.88. The lowest BCUT2D eigenvalue weighted by molar-refractivity contribution is -0.125. The molecule has 4 atom stereocenters. The maximum Gasteiger partial charge on any atom is 0.147 e. The summed E-state index contributed by atoms with van der Waals surface area (Å²) >= 11 is 0. The molecule has 2 bridgehead atoms. The highest BCUT2D eigenvalue weighted by molar-refractivity contribution is 6.00. The Morgan fingerprint density at radius 2 is 2.16 bits per heavy atom. The van der Waals surface area contributed by atoms with Crippen LogP contribution in [0, 0.1) is 23.2 Å². The zero-order valence-corrected chi connectivity index (χ0v) is 14.9. The summed E-state index contributed by atoms with van der Waals surface area (Å²) < 4.78 is 5.44. The number of rotatable bonds is 7. The highest BCUT2D eigenvalue weighted by Crippen LogP contribution is 2.78. The van der Waals surface area contributed by atoms with Crippen molar-refractivity contribution < 1.29 is 14.3 Å². The molecule has 4 aliphatic carbocycles. The standard InChI is InChI=1S/C22H26O3/c1-25-16-7-6-15-12-22-13-21(17(15)11-16,8-2-3-9-23)20(24)19(22)18(22)10-14-4-5-14/h6-7,9,11,14,18-19H,2-5,8,10,12-13H2,1H3. The monoisotopic (exact) mass is 338 g/mol. The van der Waals surface area contributed by atoms with Crippen molar-refractivity contribution in [3.8, 4) is 5.75 Å². The molecule has 0 heterocycles. The molecule has 3 heteroatoms. The maximum absolute atomic E-state index is 13.6. The molecular formula is C22H26O3. The Morgan fingerprint density at radius 1 is 1.32 bits per heavy atom. The average Bonchev–Trinajstić information content (AvgIpc) is 3.52. The number of aldehydes is 1. The number of methoxy groups -OCH3 is 1. The van der Waals surface area contributed by atoms with E-state index >= 15 is 0 Å². The summed E-state index contributed by atoms with van der Waals surface area (Å²) in [4.78, 5) is 24.4. The van der Waals surface area contributed by atoms with Gasteiger partial charge >= 0.3 is 0 Å². The third kappa shape index (κ3) is 2.04. The largest absolute Gasteiger partial charge is 0.497 e. The van der Waals surface area contributed by atoms with Crippen molar-refractivity contribution >= 4 is 12.1 Å². The summed E-state index contributed by atoms with van der Waals surface area (Å²) in [6.07, 6.45) is 9.25. The molecule has 0 saturated heterocycles. The van der Waals surface area contributed by atoms with Gasteiger partial charge in [-0.05, 0) is 72.6 Å². The maximum atomic E-state index is 13.6. The van der Waals surface area contributed by atoms with Crippen LogP contribution in [0.5, 0.6) is 5.75 Å². The van der Waals surface area contributed by atoms with Crippen LogP contribution in [0.15, 0.2) is 18.2 Å².